The molecule has 0 radical (unpaired) electrons. The zero-order valence-corrected chi connectivity index (χ0v) is 18.2. The fraction of sp³-hybridized carbons (Fsp3) is 0.0500. The van der Waals surface area contributed by atoms with Crippen molar-refractivity contribution in [3.05, 3.63) is 65.6 Å². The molecule has 0 aliphatic carbocycles. The summed E-state index contributed by atoms with van der Waals surface area (Å²) in [6.07, 6.45) is 5.22. The number of nitrogen functional groups attached to an aromatic ring is 1. The Labute approximate surface area is 186 Å². The van der Waals surface area contributed by atoms with E-state index in [4.69, 9.17) is 5.73 Å². The van der Waals surface area contributed by atoms with Crippen LogP contribution in [-0.2, 0) is 9.84 Å². The van der Waals surface area contributed by atoms with Crippen LogP contribution in [0, 0.1) is 0 Å². The lowest BCUT2D eigenvalue weighted by Gasteiger charge is -2.13. The average molecular weight is 469 g/mol. The Kier molecular flexibility index (Phi) is 5.55. The van der Waals surface area contributed by atoms with E-state index in [1.54, 1.807) is 17.5 Å². The number of hydrogen-bond acceptors (Lipinski definition) is 9. The van der Waals surface area contributed by atoms with E-state index in [1.807, 2.05) is 0 Å². The first kappa shape index (κ1) is 21.3. The van der Waals surface area contributed by atoms with Crippen molar-refractivity contribution in [3.63, 3.8) is 0 Å². The minimum absolute atomic E-state index is 0.0165. The second kappa shape index (κ2) is 8.32. The highest BCUT2D eigenvalue weighted by atomic mass is 32.2. The molecule has 1 aromatic carbocycles. The van der Waals surface area contributed by atoms with Gasteiger partial charge in [0.05, 0.1) is 31.9 Å². The van der Waals surface area contributed by atoms with Gasteiger partial charge in [-0.15, -0.1) is 11.3 Å². The number of carbonyl (C=O) groups excluding carboxylic acids is 2. The van der Waals surface area contributed by atoms with Crippen molar-refractivity contribution in [3.8, 4) is 0 Å². The highest BCUT2D eigenvalue weighted by Gasteiger charge is 2.20. The lowest BCUT2D eigenvalue weighted by Crippen LogP contribution is -2.16. The average Bonchev–Trinajstić information content (AvgIpc) is 3.19. The first-order valence-corrected chi connectivity index (χ1v) is 11.9. The number of nitrogens with zero attached hydrogens (tertiary/aromatic N) is 3. The third-order valence-electron chi connectivity index (χ3n) is 4.43. The number of nitrogens with one attached hydrogen (secondary N) is 2. The predicted molar refractivity (Wildman–Crippen MR) is 122 cm³/mol. The van der Waals surface area contributed by atoms with Crippen LogP contribution in [0.2, 0.25) is 0 Å². The summed E-state index contributed by atoms with van der Waals surface area (Å²) in [7, 11) is -3.67. The molecule has 0 aliphatic heterocycles. The molecule has 12 heteroatoms. The zero-order valence-electron chi connectivity index (χ0n) is 16.6. The fourth-order valence-electron chi connectivity index (χ4n) is 2.95. The molecule has 3 aromatic heterocycles. The van der Waals surface area contributed by atoms with Gasteiger partial charge in [-0.05, 0) is 30.3 Å². The van der Waals surface area contributed by atoms with E-state index in [-0.39, 0.29) is 22.0 Å². The SMILES string of the molecule is CS(=O)(=O)c1ccc(NC(=O)c2cccnc2)cc1NC(=O)c1csc2c(N)ncnc12. The molecule has 0 unspecified atom stereocenters. The Balaban J connectivity index is 1.68. The highest BCUT2D eigenvalue weighted by Crippen LogP contribution is 2.30. The number of thiophene rings is 1. The normalized spacial score (nSPS) is 11.3. The number of fused-ring (bicyclic) bond motifs is 1. The molecule has 0 aliphatic rings. The summed E-state index contributed by atoms with van der Waals surface area (Å²) < 4.78 is 25.1. The molecule has 10 nitrogen and oxygen atoms in total. The van der Waals surface area contributed by atoms with Gasteiger partial charge in [-0.3, -0.25) is 14.6 Å². The molecule has 162 valence electrons. The lowest BCUT2D eigenvalue weighted by molar-refractivity contribution is 0.102. The van der Waals surface area contributed by atoms with Crippen molar-refractivity contribution in [2.75, 3.05) is 22.6 Å². The summed E-state index contributed by atoms with van der Waals surface area (Å²) in [5.41, 5.74) is 7.05. The maximum absolute atomic E-state index is 12.9. The number of carbonyl (C=O) groups is 2. The number of amides is 2. The summed E-state index contributed by atoms with van der Waals surface area (Å²) in [6.45, 7) is 0. The molecule has 4 aromatic rings. The summed E-state index contributed by atoms with van der Waals surface area (Å²) in [4.78, 5) is 37.1. The van der Waals surface area contributed by atoms with Gasteiger partial charge < -0.3 is 16.4 Å². The Hall–Kier alpha value is -3.90. The molecule has 2 amide bonds. The van der Waals surface area contributed by atoms with Gasteiger partial charge in [0.25, 0.3) is 11.8 Å². The van der Waals surface area contributed by atoms with E-state index in [1.165, 1.54) is 48.3 Å². The quantitative estimate of drug-likeness (QED) is 0.403. The summed E-state index contributed by atoms with van der Waals surface area (Å²) in [6, 6.07) is 7.34. The van der Waals surface area contributed by atoms with Crippen LogP contribution in [0.5, 0.6) is 0 Å². The monoisotopic (exact) mass is 468 g/mol. The van der Waals surface area contributed by atoms with E-state index in [0.717, 1.165) is 6.26 Å². The largest absolute Gasteiger partial charge is 0.382 e. The van der Waals surface area contributed by atoms with Crippen LogP contribution in [-0.4, -0.2) is 41.4 Å². The topological polar surface area (TPSA) is 157 Å². The van der Waals surface area contributed by atoms with Crippen LogP contribution < -0.4 is 16.4 Å². The lowest BCUT2D eigenvalue weighted by atomic mass is 10.2. The molecule has 0 fully saturated rings. The summed E-state index contributed by atoms with van der Waals surface area (Å²) >= 11 is 1.21. The van der Waals surface area contributed by atoms with Gasteiger partial charge in [0, 0.05) is 29.7 Å². The molecule has 0 spiro atoms. The number of aromatic nitrogens is 3. The third kappa shape index (κ3) is 4.26. The standard InChI is InChI=1S/C20H16N6O4S2/c1-32(29,30)15-5-4-12(25-19(27)11-3-2-6-22-8-11)7-14(15)26-20(28)13-9-31-17-16(13)23-10-24-18(17)21/h2-10H,1H3,(H,25,27)(H,26,28)(H2,21,23,24). The Morgan fingerprint density at radius 3 is 2.62 bits per heavy atom. The van der Waals surface area contributed by atoms with Crippen LogP contribution in [0.4, 0.5) is 17.2 Å². The number of rotatable bonds is 5. The van der Waals surface area contributed by atoms with E-state index in [2.05, 4.69) is 25.6 Å². The number of pyridine rings is 1. The fourth-order valence-corrected chi connectivity index (χ4v) is 4.68. The molecule has 4 N–H and O–H groups in total. The number of sulfone groups is 1. The van der Waals surface area contributed by atoms with Gasteiger partial charge in [-0.1, -0.05) is 0 Å². The van der Waals surface area contributed by atoms with Crippen LogP contribution in [0.3, 0.4) is 0 Å². The molecule has 0 atom stereocenters. The Bertz CT molecular complexity index is 1450. The van der Waals surface area contributed by atoms with Crippen molar-refractivity contribution in [2.24, 2.45) is 0 Å². The number of hydrogen-bond donors (Lipinski definition) is 3. The number of nitrogens with two attached hydrogens (primary N) is 1. The maximum atomic E-state index is 12.9. The minimum atomic E-state index is -3.67. The second-order valence-electron chi connectivity index (χ2n) is 6.72. The molecule has 0 saturated heterocycles. The van der Waals surface area contributed by atoms with Crippen LogP contribution >= 0.6 is 11.3 Å². The molecule has 0 saturated carbocycles. The van der Waals surface area contributed by atoms with Crippen LogP contribution in [0.15, 0.2) is 59.3 Å². The zero-order chi connectivity index (χ0) is 22.9. The Morgan fingerprint density at radius 1 is 1.09 bits per heavy atom. The van der Waals surface area contributed by atoms with Gasteiger partial charge in [0.2, 0.25) is 0 Å². The van der Waals surface area contributed by atoms with Crippen molar-refractivity contribution < 1.29 is 18.0 Å². The van der Waals surface area contributed by atoms with Crippen LogP contribution in [0.1, 0.15) is 20.7 Å². The molecule has 4 rings (SSSR count). The number of benzene rings is 1. The molecule has 0 bridgehead atoms. The molecular weight excluding hydrogens is 452 g/mol. The first-order valence-electron chi connectivity index (χ1n) is 9.08. The van der Waals surface area contributed by atoms with Gasteiger partial charge in [0.15, 0.2) is 9.84 Å². The van der Waals surface area contributed by atoms with Gasteiger partial charge in [-0.25, -0.2) is 18.4 Å². The summed E-state index contributed by atoms with van der Waals surface area (Å²) in [5, 5.41) is 6.84. The third-order valence-corrected chi connectivity index (χ3v) is 6.58. The first-order chi connectivity index (χ1) is 15.2. The summed E-state index contributed by atoms with van der Waals surface area (Å²) in [5.74, 6) is -0.760. The second-order valence-corrected chi connectivity index (χ2v) is 9.58. The minimum Gasteiger partial charge on any atom is -0.382 e. The van der Waals surface area contributed by atoms with Gasteiger partial charge in [-0.2, -0.15) is 0 Å². The molecule has 3 heterocycles. The van der Waals surface area contributed by atoms with Crippen molar-refractivity contribution in [2.45, 2.75) is 4.90 Å². The van der Waals surface area contributed by atoms with E-state index in [0.29, 0.717) is 21.5 Å². The highest BCUT2D eigenvalue weighted by molar-refractivity contribution is 7.90. The van der Waals surface area contributed by atoms with E-state index in [9.17, 15) is 18.0 Å². The molecular formula is C20H16N6O4S2. The van der Waals surface area contributed by atoms with Crippen molar-refractivity contribution >= 4 is 60.4 Å². The van der Waals surface area contributed by atoms with Crippen molar-refractivity contribution in [1.29, 1.82) is 0 Å². The smallest absolute Gasteiger partial charge is 0.258 e. The van der Waals surface area contributed by atoms with E-state index < -0.39 is 21.7 Å². The van der Waals surface area contributed by atoms with E-state index >= 15 is 0 Å². The van der Waals surface area contributed by atoms with Crippen molar-refractivity contribution in [1.82, 2.24) is 15.0 Å². The maximum Gasteiger partial charge on any atom is 0.258 e. The predicted octanol–water partition coefficient (Wildman–Crippen LogP) is 2.58. The molecule has 32 heavy (non-hydrogen) atoms. The Morgan fingerprint density at radius 2 is 1.91 bits per heavy atom. The number of anilines is 3. The van der Waals surface area contributed by atoms with Gasteiger partial charge in [0.1, 0.15) is 12.1 Å². The van der Waals surface area contributed by atoms with Gasteiger partial charge >= 0.3 is 0 Å². The van der Waals surface area contributed by atoms with Crippen LogP contribution in [0.25, 0.3) is 10.2 Å².